The lowest BCUT2D eigenvalue weighted by atomic mass is 9.71. The van der Waals surface area contributed by atoms with Crippen molar-refractivity contribution < 1.29 is 30.0 Å². The molecule has 0 heterocycles. The number of carboxylic acids is 2. The number of hydrogen-bond donors (Lipinski definition) is 4. The number of aromatic hydroxyl groups is 2. The minimum absolute atomic E-state index is 0.182. The number of aliphatic carboxylic acids is 2. The Kier molecular flexibility index (Phi) is 6.60. The van der Waals surface area contributed by atoms with Gasteiger partial charge in [-0.25, -0.2) is 0 Å². The fraction of sp³-hybridized carbons (Fsp3) is 0.182. The second kappa shape index (κ2) is 8.90. The van der Waals surface area contributed by atoms with E-state index in [4.69, 9.17) is 19.8 Å². The van der Waals surface area contributed by atoms with Gasteiger partial charge < -0.3 is 20.4 Å². The summed E-state index contributed by atoms with van der Waals surface area (Å²) in [7, 11) is 0. The predicted octanol–water partition coefficient (Wildman–Crippen LogP) is 4.12. The molecule has 0 spiro atoms. The molecule has 3 aromatic rings. The van der Waals surface area contributed by atoms with Crippen LogP contribution in [0.2, 0.25) is 0 Å². The molecule has 6 heteroatoms. The highest BCUT2D eigenvalue weighted by Gasteiger charge is 2.35. The molecule has 146 valence electrons. The number of phenols is 2. The van der Waals surface area contributed by atoms with E-state index in [1.807, 2.05) is 42.5 Å². The number of hydrogen-bond acceptors (Lipinski definition) is 4. The number of carboxylic acid groups (broad SMARTS) is 2. The van der Waals surface area contributed by atoms with E-state index >= 15 is 0 Å². The first-order chi connectivity index (χ1) is 13.2. The predicted molar refractivity (Wildman–Crippen MR) is 106 cm³/mol. The van der Waals surface area contributed by atoms with E-state index < -0.39 is 11.9 Å². The molecule has 4 rings (SSSR count). The van der Waals surface area contributed by atoms with Gasteiger partial charge in [0.05, 0.1) is 0 Å². The van der Waals surface area contributed by atoms with Crippen molar-refractivity contribution in [1.29, 1.82) is 0 Å². The van der Waals surface area contributed by atoms with Crippen molar-refractivity contribution in [2.24, 2.45) is 0 Å². The summed E-state index contributed by atoms with van der Waals surface area (Å²) in [6, 6.07) is 17.6. The summed E-state index contributed by atoms with van der Waals surface area (Å²) < 4.78 is 0. The zero-order valence-electron chi connectivity index (χ0n) is 15.6. The van der Waals surface area contributed by atoms with E-state index in [1.165, 1.54) is 5.56 Å². The van der Waals surface area contributed by atoms with Crippen LogP contribution in [0.4, 0.5) is 0 Å². The summed E-state index contributed by atoms with van der Waals surface area (Å²) in [5.74, 6) is -0.851. The molecule has 0 saturated carbocycles. The van der Waals surface area contributed by atoms with Crippen LogP contribution in [0.15, 0.2) is 54.6 Å². The largest absolute Gasteiger partial charge is 0.507 e. The van der Waals surface area contributed by atoms with Crippen LogP contribution in [-0.2, 0) is 16.0 Å². The van der Waals surface area contributed by atoms with Gasteiger partial charge in [-0.2, -0.15) is 0 Å². The summed E-state index contributed by atoms with van der Waals surface area (Å²) in [4.78, 5) is 18.0. The molecule has 1 unspecified atom stereocenters. The molecule has 0 saturated heterocycles. The zero-order chi connectivity index (χ0) is 20.8. The zero-order valence-corrected chi connectivity index (χ0v) is 15.6. The molecule has 0 fully saturated rings. The third-order valence-corrected chi connectivity index (χ3v) is 4.26. The first-order valence-corrected chi connectivity index (χ1v) is 8.63. The van der Waals surface area contributed by atoms with Crippen molar-refractivity contribution in [3.63, 3.8) is 0 Å². The molecule has 0 bridgehead atoms. The quantitative estimate of drug-likeness (QED) is 0.471. The number of phenolic OH excluding ortho intramolecular Hbond substituents is 2. The number of carbonyl (C=O) groups is 2. The Balaban J connectivity index is 0.000000302. The molecular formula is C22H22O6. The third kappa shape index (κ3) is 4.59. The van der Waals surface area contributed by atoms with Gasteiger partial charge in [0.25, 0.3) is 11.9 Å². The van der Waals surface area contributed by atoms with Crippen molar-refractivity contribution in [3.05, 3.63) is 71.3 Å². The Morgan fingerprint density at radius 2 is 1.21 bits per heavy atom. The number of benzene rings is 3. The van der Waals surface area contributed by atoms with E-state index in [0.717, 1.165) is 42.2 Å². The molecule has 1 atom stereocenters. The topological polar surface area (TPSA) is 115 Å². The van der Waals surface area contributed by atoms with E-state index in [1.54, 1.807) is 0 Å². The molecule has 1 aliphatic carbocycles. The standard InChI is InChI=1S/C18H14O2.2C2H4O2/c19-17-12-8-4-5-9-13(12)18(20)16-14(10-15(16)17)11-6-2-1-3-7-11;2*1-2(3)4/h1-9,14,19-20H,10H2;2*1H3,(H,3,4). The highest BCUT2D eigenvalue weighted by molar-refractivity contribution is 5.97. The lowest BCUT2D eigenvalue weighted by Gasteiger charge is -2.33. The highest BCUT2D eigenvalue weighted by atomic mass is 16.4. The van der Waals surface area contributed by atoms with Gasteiger partial charge >= 0.3 is 0 Å². The maximum atomic E-state index is 10.5. The normalized spacial score (nSPS) is 13.7. The van der Waals surface area contributed by atoms with Crippen molar-refractivity contribution in [2.75, 3.05) is 0 Å². The van der Waals surface area contributed by atoms with Crippen LogP contribution in [0.25, 0.3) is 10.8 Å². The van der Waals surface area contributed by atoms with Gasteiger partial charge in [-0.1, -0.05) is 54.6 Å². The second-order valence-electron chi connectivity index (χ2n) is 6.34. The monoisotopic (exact) mass is 382 g/mol. The Labute approximate surface area is 162 Å². The Morgan fingerprint density at radius 1 is 0.786 bits per heavy atom. The van der Waals surface area contributed by atoms with Gasteiger partial charge in [0.2, 0.25) is 0 Å². The molecule has 28 heavy (non-hydrogen) atoms. The SMILES string of the molecule is CC(=O)O.CC(=O)O.Oc1c2c(c(O)c3ccccc13)C(c1ccccc1)C2. The Hall–Kier alpha value is -3.54. The van der Waals surface area contributed by atoms with Crippen LogP contribution in [0.5, 0.6) is 11.5 Å². The van der Waals surface area contributed by atoms with Crippen LogP contribution in [0.1, 0.15) is 36.5 Å². The maximum Gasteiger partial charge on any atom is 0.300 e. The van der Waals surface area contributed by atoms with Crippen LogP contribution in [0.3, 0.4) is 0 Å². The molecule has 0 aliphatic heterocycles. The number of rotatable bonds is 1. The third-order valence-electron chi connectivity index (χ3n) is 4.26. The van der Waals surface area contributed by atoms with Crippen molar-refractivity contribution in [1.82, 2.24) is 0 Å². The van der Waals surface area contributed by atoms with Gasteiger partial charge in [-0.3, -0.25) is 9.59 Å². The lowest BCUT2D eigenvalue weighted by Crippen LogP contribution is -2.19. The van der Waals surface area contributed by atoms with Crippen molar-refractivity contribution >= 4 is 22.7 Å². The molecule has 0 radical (unpaired) electrons. The minimum Gasteiger partial charge on any atom is -0.507 e. The van der Waals surface area contributed by atoms with Crippen LogP contribution >= 0.6 is 0 Å². The van der Waals surface area contributed by atoms with Gasteiger partial charge in [0.15, 0.2) is 0 Å². The van der Waals surface area contributed by atoms with Crippen molar-refractivity contribution in [2.45, 2.75) is 26.2 Å². The van der Waals surface area contributed by atoms with Crippen LogP contribution < -0.4 is 0 Å². The molecule has 4 N–H and O–H groups in total. The van der Waals surface area contributed by atoms with Gasteiger partial charge in [0, 0.05) is 41.7 Å². The highest BCUT2D eigenvalue weighted by Crippen LogP contribution is 2.52. The van der Waals surface area contributed by atoms with Crippen molar-refractivity contribution in [3.8, 4) is 11.5 Å². The average Bonchev–Trinajstić information content (AvgIpc) is 2.60. The van der Waals surface area contributed by atoms with Crippen LogP contribution in [-0.4, -0.2) is 32.4 Å². The molecule has 0 aromatic heterocycles. The van der Waals surface area contributed by atoms with Gasteiger partial charge in [0.1, 0.15) is 11.5 Å². The summed E-state index contributed by atoms with van der Waals surface area (Å²) in [5.41, 5.74) is 2.95. The Bertz CT molecular complexity index is 975. The van der Waals surface area contributed by atoms with E-state index in [-0.39, 0.29) is 5.92 Å². The van der Waals surface area contributed by atoms with Gasteiger partial charge in [-0.05, 0) is 12.0 Å². The molecular weight excluding hydrogens is 360 g/mol. The molecule has 6 nitrogen and oxygen atoms in total. The Morgan fingerprint density at radius 3 is 1.71 bits per heavy atom. The summed E-state index contributed by atoms with van der Waals surface area (Å²) in [6.45, 7) is 2.17. The maximum absolute atomic E-state index is 10.5. The first-order valence-electron chi connectivity index (χ1n) is 8.63. The first kappa shape index (κ1) is 20.8. The lowest BCUT2D eigenvalue weighted by molar-refractivity contribution is -0.135. The average molecular weight is 382 g/mol. The molecule has 3 aromatic carbocycles. The summed E-state index contributed by atoms with van der Waals surface area (Å²) in [6.07, 6.45) is 0.781. The van der Waals surface area contributed by atoms with Crippen LogP contribution in [0, 0.1) is 0 Å². The fourth-order valence-corrected chi connectivity index (χ4v) is 3.20. The number of fused-ring (bicyclic) bond motifs is 2. The molecule has 0 amide bonds. The minimum atomic E-state index is -0.833. The fourth-order valence-electron chi connectivity index (χ4n) is 3.20. The summed E-state index contributed by atoms with van der Waals surface area (Å²) >= 11 is 0. The smallest absolute Gasteiger partial charge is 0.300 e. The summed E-state index contributed by atoms with van der Waals surface area (Å²) in [5, 5.41) is 37.2. The van der Waals surface area contributed by atoms with E-state index in [9.17, 15) is 10.2 Å². The van der Waals surface area contributed by atoms with E-state index in [2.05, 4.69) is 12.1 Å². The van der Waals surface area contributed by atoms with E-state index in [0.29, 0.717) is 11.5 Å². The second-order valence-corrected chi connectivity index (χ2v) is 6.34. The molecule has 1 aliphatic rings. The van der Waals surface area contributed by atoms with Gasteiger partial charge in [-0.15, -0.1) is 0 Å².